The summed E-state index contributed by atoms with van der Waals surface area (Å²) in [5.74, 6) is -0.111. The zero-order valence-electron chi connectivity index (χ0n) is 30.9. The number of unbranched alkanes of at least 4 members (excludes halogenated alkanes) is 26. The van der Waals surface area contributed by atoms with Gasteiger partial charge in [-0.25, -0.2) is 4.98 Å². The zero-order valence-corrected chi connectivity index (χ0v) is 30.9. The summed E-state index contributed by atoms with van der Waals surface area (Å²) >= 11 is 0. The predicted octanol–water partition coefficient (Wildman–Crippen LogP) is 11.2. The summed E-state index contributed by atoms with van der Waals surface area (Å²) in [6.07, 6.45) is 41.1. The van der Waals surface area contributed by atoms with Gasteiger partial charge in [0, 0.05) is 38.3 Å². The molecule has 1 heterocycles. The number of hydrogen-bond acceptors (Lipinski definition) is 3. The average Bonchev–Trinajstić information content (AvgIpc) is 3.56. The maximum absolute atomic E-state index is 13.7. The molecule has 0 bridgehead atoms. The van der Waals surface area contributed by atoms with E-state index >= 15 is 0 Å². The number of aromatic nitrogens is 2. The Hall–Kier alpha value is -1.85. The molecular formula is C40H76N4O2. The van der Waals surface area contributed by atoms with Crippen LogP contribution in [-0.2, 0) is 16.0 Å². The highest BCUT2D eigenvalue weighted by molar-refractivity contribution is 5.87. The molecule has 0 unspecified atom stereocenters. The molecule has 268 valence electrons. The number of carbonyl (C=O) groups is 2. The summed E-state index contributed by atoms with van der Waals surface area (Å²) in [5, 5.41) is 2.92. The third-order valence-electron chi connectivity index (χ3n) is 9.53. The molecule has 1 rings (SSSR count). The Labute approximate surface area is 285 Å². The number of hydrogen-bond donors (Lipinski definition) is 2. The van der Waals surface area contributed by atoms with Gasteiger partial charge in [0.1, 0.15) is 6.04 Å². The first-order valence-corrected chi connectivity index (χ1v) is 20.1. The number of aromatic amines is 1. The van der Waals surface area contributed by atoms with E-state index in [-0.39, 0.29) is 11.8 Å². The van der Waals surface area contributed by atoms with Crippen molar-refractivity contribution in [3.05, 3.63) is 18.2 Å². The minimum absolute atomic E-state index is 0.0502. The van der Waals surface area contributed by atoms with Crippen LogP contribution >= 0.6 is 0 Å². The van der Waals surface area contributed by atoms with Gasteiger partial charge in [0.25, 0.3) is 0 Å². The normalized spacial score (nSPS) is 12.0. The lowest BCUT2D eigenvalue weighted by Gasteiger charge is -2.28. The van der Waals surface area contributed by atoms with Crippen molar-refractivity contribution < 1.29 is 9.59 Å². The molecule has 46 heavy (non-hydrogen) atoms. The van der Waals surface area contributed by atoms with Crippen LogP contribution in [0.3, 0.4) is 0 Å². The van der Waals surface area contributed by atoms with Crippen molar-refractivity contribution in [2.75, 3.05) is 13.1 Å². The highest BCUT2D eigenvalue weighted by atomic mass is 16.2. The van der Waals surface area contributed by atoms with Crippen LogP contribution in [-0.4, -0.2) is 45.8 Å². The van der Waals surface area contributed by atoms with Gasteiger partial charge < -0.3 is 15.2 Å². The van der Waals surface area contributed by atoms with Crippen molar-refractivity contribution in [1.82, 2.24) is 20.2 Å². The van der Waals surface area contributed by atoms with Crippen molar-refractivity contribution in [2.45, 2.75) is 213 Å². The van der Waals surface area contributed by atoms with Crippen molar-refractivity contribution in [3.63, 3.8) is 0 Å². The molecule has 0 radical (unpaired) electrons. The molecule has 1 atom stereocenters. The Morgan fingerprint density at radius 1 is 0.609 bits per heavy atom. The molecule has 1 aromatic heterocycles. The first-order chi connectivity index (χ1) is 22.6. The Bertz CT molecular complexity index is 765. The van der Waals surface area contributed by atoms with Gasteiger partial charge in [-0.3, -0.25) is 9.59 Å². The van der Waals surface area contributed by atoms with Crippen LogP contribution in [0.1, 0.15) is 206 Å². The van der Waals surface area contributed by atoms with Crippen LogP contribution in [0.5, 0.6) is 0 Å². The standard InChI is InChI=1S/C40H76N4O2/c1-4-6-8-10-12-14-16-18-20-22-24-26-28-30-32-44(40(46)39(43-37(3)45)34-38-35-41-36-42-38)33-31-29-27-25-23-21-19-17-15-13-11-9-7-5-2/h35-36,39H,4-34H2,1-3H3,(H,41,42)(H,43,45)/t39-/m0/s1. The third-order valence-corrected chi connectivity index (χ3v) is 9.53. The number of amides is 2. The van der Waals surface area contributed by atoms with Crippen LogP contribution in [0.2, 0.25) is 0 Å². The highest BCUT2D eigenvalue weighted by Gasteiger charge is 2.25. The summed E-state index contributed by atoms with van der Waals surface area (Å²) in [4.78, 5) is 34.9. The Kier molecular flexibility index (Phi) is 29.1. The Morgan fingerprint density at radius 3 is 1.26 bits per heavy atom. The summed E-state index contributed by atoms with van der Waals surface area (Å²) in [7, 11) is 0. The van der Waals surface area contributed by atoms with Gasteiger partial charge >= 0.3 is 0 Å². The van der Waals surface area contributed by atoms with Crippen molar-refractivity contribution in [2.24, 2.45) is 0 Å². The monoisotopic (exact) mass is 645 g/mol. The largest absolute Gasteiger partial charge is 0.348 e. The number of imidazole rings is 1. The molecule has 0 spiro atoms. The molecule has 6 heteroatoms. The maximum Gasteiger partial charge on any atom is 0.245 e. The zero-order chi connectivity index (χ0) is 33.3. The van der Waals surface area contributed by atoms with E-state index in [2.05, 4.69) is 29.1 Å². The minimum atomic E-state index is -0.545. The predicted molar refractivity (Wildman–Crippen MR) is 197 cm³/mol. The summed E-state index contributed by atoms with van der Waals surface area (Å²) < 4.78 is 0. The number of nitrogens with one attached hydrogen (secondary N) is 2. The molecule has 0 aromatic carbocycles. The molecule has 0 saturated heterocycles. The van der Waals surface area contributed by atoms with Crippen LogP contribution in [0.15, 0.2) is 12.5 Å². The van der Waals surface area contributed by atoms with E-state index in [1.807, 2.05) is 4.90 Å². The summed E-state index contributed by atoms with van der Waals surface area (Å²) in [5.41, 5.74) is 0.875. The van der Waals surface area contributed by atoms with Gasteiger partial charge in [-0.15, -0.1) is 0 Å². The number of carbonyl (C=O) groups excluding carboxylic acids is 2. The molecule has 1 aromatic rings. The number of nitrogens with zero attached hydrogens (tertiary/aromatic N) is 2. The maximum atomic E-state index is 13.7. The first-order valence-electron chi connectivity index (χ1n) is 20.1. The number of H-pyrrole nitrogens is 1. The molecule has 0 aliphatic rings. The SMILES string of the molecule is CCCCCCCCCCCCCCCCN(CCCCCCCCCCCCCCCC)C(=O)[C@H](Cc1cnc[nH]1)NC(C)=O. The molecule has 0 aliphatic carbocycles. The molecular weight excluding hydrogens is 568 g/mol. The quantitative estimate of drug-likeness (QED) is 0.0733. The lowest BCUT2D eigenvalue weighted by atomic mass is 10.0. The van der Waals surface area contributed by atoms with Gasteiger partial charge in [-0.05, 0) is 12.8 Å². The fourth-order valence-corrected chi connectivity index (χ4v) is 6.61. The average molecular weight is 645 g/mol. The molecule has 0 fully saturated rings. The molecule has 6 nitrogen and oxygen atoms in total. The van der Waals surface area contributed by atoms with E-state index in [0.29, 0.717) is 6.42 Å². The minimum Gasteiger partial charge on any atom is -0.348 e. The van der Waals surface area contributed by atoms with E-state index in [4.69, 9.17) is 0 Å². The number of rotatable bonds is 34. The van der Waals surface area contributed by atoms with Gasteiger partial charge in [0.05, 0.1) is 6.33 Å². The smallest absolute Gasteiger partial charge is 0.245 e. The third kappa shape index (κ3) is 25.3. The Morgan fingerprint density at radius 2 is 0.957 bits per heavy atom. The summed E-state index contributed by atoms with van der Waals surface area (Å²) in [6, 6.07) is -0.545. The van der Waals surface area contributed by atoms with E-state index in [1.54, 1.807) is 12.5 Å². The van der Waals surface area contributed by atoms with Gasteiger partial charge in [0.2, 0.25) is 11.8 Å². The van der Waals surface area contributed by atoms with E-state index in [0.717, 1.165) is 31.6 Å². The van der Waals surface area contributed by atoms with Crippen molar-refractivity contribution >= 4 is 11.8 Å². The summed E-state index contributed by atoms with van der Waals surface area (Å²) in [6.45, 7) is 7.64. The fourth-order valence-electron chi connectivity index (χ4n) is 6.61. The van der Waals surface area contributed by atoms with E-state index < -0.39 is 6.04 Å². The van der Waals surface area contributed by atoms with Crippen LogP contribution < -0.4 is 5.32 Å². The van der Waals surface area contributed by atoms with Crippen molar-refractivity contribution in [1.29, 1.82) is 0 Å². The Balaban J connectivity index is 2.33. The van der Waals surface area contributed by atoms with Crippen molar-refractivity contribution in [3.8, 4) is 0 Å². The highest BCUT2D eigenvalue weighted by Crippen LogP contribution is 2.16. The fraction of sp³-hybridized carbons (Fsp3) is 0.875. The van der Waals surface area contributed by atoms with E-state index in [1.165, 1.54) is 174 Å². The van der Waals surface area contributed by atoms with Crippen LogP contribution in [0.25, 0.3) is 0 Å². The molecule has 2 N–H and O–H groups in total. The van der Waals surface area contributed by atoms with E-state index in [9.17, 15) is 9.59 Å². The molecule has 0 aliphatic heterocycles. The first kappa shape index (κ1) is 42.2. The second-order valence-electron chi connectivity index (χ2n) is 14.1. The molecule has 0 saturated carbocycles. The van der Waals surface area contributed by atoms with Gasteiger partial charge in [-0.1, -0.05) is 181 Å². The topological polar surface area (TPSA) is 78.1 Å². The lowest BCUT2D eigenvalue weighted by Crippen LogP contribution is -2.49. The lowest BCUT2D eigenvalue weighted by molar-refractivity contribution is -0.136. The second kappa shape index (κ2) is 31.7. The second-order valence-corrected chi connectivity index (χ2v) is 14.1. The van der Waals surface area contributed by atoms with Crippen LogP contribution in [0.4, 0.5) is 0 Å². The van der Waals surface area contributed by atoms with Crippen LogP contribution in [0, 0.1) is 0 Å². The van der Waals surface area contributed by atoms with Gasteiger partial charge in [-0.2, -0.15) is 0 Å². The molecule has 2 amide bonds. The van der Waals surface area contributed by atoms with Gasteiger partial charge in [0.15, 0.2) is 0 Å².